The average Bonchev–Trinajstić information content (AvgIpc) is 2.56. The summed E-state index contributed by atoms with van der Waals surface area (Å²) in [6, 6.07) is 6.96. The van der Waals surface area contributed by atoms with Crippen molar-refractivity contribution in [3.63, 3.8) is 0 Å². The van der Waals surface area contributed by atoms with Gasteiger partial charge in [0.25, 0.3) is 11.8 Å². The molecule has 0 aromatic heterocycles. The van der Waals surface area contributed by atoms with Crippen LogP contribution >= 0.6 is 11.6 Å². The molecule has 4 N–H and O–H groups in total. The van der Waals surface area contributed by atoms with Gasteiger partial charge in [0.2, 0.25) is 0 Å². The molecule has 0 atom stereocenters. The van der Waals surface area contributed by atoms with Gasteiger partial charge in [0.1, 0.15) is 32.7 Å². The van der Waals surface area contributed by atoms with Crippen molar-refractivity contribution in [2.24, 2.45) is 0 Å². The van der Waals surface area contributed by atoms with Gasteiger partial charge >= 0.3 is 6.18 Å². The number of quaternary nitrogens is 2. The van der Waals surface area contributed by atoms with Crippen LogP contribution in [0, 0.1) is 0 Å². The highest BCUT2D eigenvalue weighted by Crippen LogP contribution is 2.19. The summed E-state index contributed by atoms with van der Waals surface area (Å²) in [4.78, 5) is 25.6. The number of piperazine rings is 1. The van der Waals surface area contributed by atoms with Gasteiger partial charge in [-0.3, -0.25) is 9.59 Å². The topological polar surface area (TPSA) is 67.1 Å². The van der Waals surface area contributed by atoms with Crippen LogP contribution in [0.4, 0.5) is 18.9 Å². The smallest absolute Gasteiger partial charge is 0.342 e. The highest BCUT2D eigenvalue weighted by atomic mass is 35.5. The van der Waals surface area contributed by atoms with Crippen molar-refractivity contribution in [2.45, 2.75) is 6.18 Å². The Balaban J connectivity index is 1.69. The molecule has 144 valence electrons. The molecular formula is C16H22ClF3N4O2+2. The van der Waals surface area contributed by atoms with Crippen molar-refractivity contribution in [3.05, 3.63) is 29.3 Å². The van der Waals surface area contributed by atoms with E-state index < -0.39 is 18.6 Å². The molecule has 1 heterocycles. The third kappa shape index (κ3) is 7.19. The summed E-state index contributed by atoms with van der Waals surface area (Å²) in [6.45, 7) is 1.55. The first-order valence-electron chi connectivity index (χ1n) is 8.28. The number of carbonyl (C=O) groups is 2. The molecule has 0 radical (unpaired) electrons. The molecular weight excluding hydrogens is 373 g/mol. The molecule has 1 aromatic carbocycles. The van der Waals surface area contributed by atoms with Gasteiger partial charge in [0.05, 0.1) is 10.7 Å². The van der Waals surface area contributed by atoms with Crippen LogP contribution in [-0.2, 0) is 9.59 Å². The first-order valence-corrected chi connectivity index (χ1v) is 8.66. The van der Waals surface area contributed by atoms with E-state index in [-0.39, 0.29) is 19.0 Å². The number of benzene rings is 1. The molecule has 0 aliphatic carbocycles. The fourth-order valence-corrected chi connectivity index (χ4v) is 2.97. The van der Waals surface area contributed by atoms with Crippen LogP contribution < -0.4 is 20.4 Å². The summed E-state index contributed by atoms with van der Waals surface area (Å²) >= 11 is 6.00. The van der Waals surface area contributed by atoms with Crippen molar-refractivity contribution in [3.8, 4) is 0 Å². The summed E-state index contributed by atoms with van der Waals surface area (Å²) in [6.07, 6.45) is -4.40. The Morgan fingerprint density at radius 3 is 2.08 bits per heavy atom. The lowest BCUT2D eigenvalue weighted by atomic mass is 10.3. The second-order valence-corrected chi connectivity index (χ2v) is 6.68. The maximum atomic E-state index is 12.1. The number of halogens is 4. The third-order valence-corrected chi connectivity index (χ3v) is 4.45. The highest BCUT2D eigenvalue weighted by Gasteiger charge is 2.30. The number of hydrogen-bond acceptors (Lipinski definition) is 2. The number of rotatable bonds is 6. The molecule has 0 saturated carbocycles. The van der Waals surface area contributed by atoms with Crippen LogP contribution in [0.1, 0.15) is 0 Å². The molecule has 2 rings (SSSR count). The second kappa shape index (κ2) is 9.20. The second-order valence-electron chi connectivity index (χ2n) is 6.27. The Labute approximate surface area is 154 Å². The summed E-state index contributed by atoms with van der Waals surface area (Å²) in [5.41, 5.74) is 0.559. The Morgan fingerprint density at radius 2 is 1.54 bits per heavy atom. The predicted octanol–water partition coefficient (Wildman–Crippen LogP) is -1.26. The molecule has 10 heteroatoms. The van der Waals surface area contributed by atoms with Crippen LogP contribution in [0.25, 0.3) is 0 Å². The SMILES string of the molecule is O=C(C[NH+]1CC[NH+](CC(=O)Nc2ccccc2Cl)CC1)NCC(F)(F)F. The van der Waals surface area contributed by atoms with E-state index in [1.165, 1.54) is 0 Å². The summed E-state index contributed by atoms with van der Waals surface area (Å²) in [5.74, 6) is -0.767. The minimum absolute atomic E-state index is 0.00911. The number of hydrogen-bond donors (Lipinski definition) is 4. The van der Waals surface area contributed by atoms with Crippen molar-refractivity contribution in [1.82, 2.24) is 5.32 Å². The largest absolute Gasteiger partial charge is 0.405 e. The molecule has 0 spiro atoms. The van der Waals surface area contributed by atoms with Gasteiger partial charge in [-0.15, -0.1) is 0 Å². The minimum atomic E-state index is -4.40. The monoisotopic (exact) mass is 394 g/mol. The maximum Gasteiger partial charge on any atom is 0.405 e. The van der Waals surface area contributed by atoms with Gasteiger partial charge in [0, 0.05) is 0 Å². The van der Waals surface area contributed by atoms with E-state index in [1.54, 1.807) is 24.3 Å². The third-order valence-electron chi connectivity index (χ3n) is 4.12. The zero-order valence-corrected chi connectivity index (χ0v) is 14.8. The molecule has 1 aromatic rings. The van der Waals surface area contributed by atoms with Gasteiger partial charge in [-0.25, -0.2) is 0 Å². The molecule has 2 amide bonds. The highest BCUT2D eigenvalue weighted by molar-refractivity contribution is 6.33. The number of para-hydroxylation sites is 1. The maximum absolute atomic E-state index is 12.1. The van der Waals surface area contributed by atoms with Crippen molar-refractivity contribution in [1.29, 1.82) is 0 Å². The van der Waals surface area contributed by atoms with E-state index in [9.17, 15) is 22.8 Å². The predicted molar refractivity (Wildman–Crippen MR) is 90.3 cm³/mol. The Bertz CT molecular complexity index is 634. The van der Waals surface area contributed by atoms with E-state index in [1.807, 2.05) is 5.32 Å². The van der Waals surface area contributed by atoms with Crippen LogP contribution in [0.5, 0.6) is 0 Å². The lowest BCUT2D eigenvalue weighted by Crippen LogP contribution is -3.28. The van der Waals surface area contributed by atoms with E-state index in [4.69, 9.17) is 11.6 Å². The number of amides is 2. The van der Waals surface area contributed by atoms with Crippen molar-refractivity contribution in [2.75, 3.05) is 51.1 Å². The number of anilines is 1. The molecule has 6 nitrogen and oxygen atoms in total. The average molecular weight is 395 g/mol. The molecule has 1 aliphatic heterocycles. The van der Waals surface area contributed by atoms with Crippen LogP contribution in [0.15, 0.2) is 24.3 Å². The van der Waals surface area contributed by atoms with Crippen LogP contribution in [-0.4, -0.2) is 63.8 Å². The fraction of sp³-hybridized carbons (Fsp3) is 0.500. The first-order chi connectivity index (χ1) is 12.2. The molecule has 26 heavy (non-hydrogen) atoms. The van der Waals surface area contributed by atoms with E-state index in [0.29, 0.717) is 36.9 Å². The minimum Gasteiger partial charge on any atom is -0.342 e. The van der Waals surface area contributed by atoms with Gasteiger partial charge in [0.15, 0.2) is 13.1 Å². The standard InChI is InChI=1S/C16H20ClF3N4O2/c17-12-3-1-2-4-13(12)22-15(26)10-24-7-5-23(6-8-24)9-14(25)21-11-16(18,19)20/h1-4H,5-11H2,(H,21,25)(H,22,26)/p+2. The van der Waals surface area contributed by atoms with Gasteiger partial charge in [-0.1, -0.05) is 23.7 Å². The molecule has 1 fully saturated rings. The summed E-state index contributed by atoms with van der Waals surface area (Å²) in [5, 5.41) is 5.11. The molecule has 1 saturated heterocycles. The van der Waals surface area contributed by atoms with Gasteiger partial charge in [-0.2, -0.15) is 13.2 Å². The quantitative estimate of drug-likeness (QED) is 0.487. The lowest BCUT2D eigenvalue weighted by Gasteiger charge is -2.29. The van der Waals surface area contributed by atoms with E-state index in [2.05, 4.69) is 5.32 Å². The summed E-state index contributed by atoms with van der Waals surface area (Å²) in [7, 11) is 0. The number of carbonyl (C=O) groups excluding carboxylic acids is 2. The van der Waals surface area contributed by atoms with Crippen molar-refractivity contribution >= 4 is 29.1 Å². The first kappa shape index (κ1) is 20.5. The molecule has 1 aliphatic rings. The van der Waals surface area contributed by atoms with Crippen LogP contribution in [0.2, 0.25) is 5.02 Å². The summed E-state index contributed by atoms with van der Waals surface area (Å²) < 4.78 is 36.2. The Morgan fingerprint density at radius 1 is 1.00 bits per heavy atom. The fourth-order valence-electron chi connectivity index (χ4n) is 2.78. The normalized spacial score (nSPS) is 20.5. The van der Waals surface area contributed by atoms with E-state index in [0.717, 1.165) is 9.80 Å². The lowest BCUT2D eigenvalue weighted by molar-refractivity contribution is -1.00. The van der Waals surface area contributed by atoms with Gasteiger partial charge in [-0.05, 0) is 12.1 Å². The Hall–Kier alpha value is -1.84. The zero-order chi connectivity index (χ0) is 19.2. The molecule has 0 unspecified atom stereocenters. The zero-order valence-electron chi connectivity index (χ0n) is 14.1. The Kier molecular flexibility index (Phi) is 7.24. The number of alkyl halides is 3. The van der Waals surface area contributed by atoms with Crippen molar-refractivity contribution < 1.29 is 32.6 Å². The van der Waals surface area contributed by atoms with E-state index >= 15 is 0 Å². The number of nitrogens with one attached hydrogen (secondary N) is 4. The van der Waals surface area contributed by atoms with Crippen LogP contribution in [0.3, 0.4) is 0 Å². The molecule has 0 bridgehead atoms. The van der Waals surface area contributed by atoms with Gasteiger partial charge < -0.3 is 20.4 Å².